The molecule has 88 valence electrons. The second-order valence-corrected chi connectivity index (χ2v) is 4.73. The summed E-state index contributed by atoms with van der Waals surface area (Å²) >= 11 is 0. The van der Waals surface area contributed by atoms with Crippen molar-refractivity contribution >= 4 is 0 Å². The fraction of sp³-hybridized carbons (Fsp3) is 1.00. The molecule has 2 aliphatic heterocycles. The van der Waals surface area contributed by atoms with Crippen LogP contribution in [0.15, 0.2) is 0 Å². The third-order valence-corrected chi connectivity index (χ3v) is 3.33. The van der Waals surface area contributed by atoms with Crippen molar-refractivity contribution in [1.29, 1.82) is 0 Å². The Morgan fingerprint density at radius 1 is 1.00 bits per heavy atom. The Labute approximate surface area is 92.5 Å². The van der Waals surface area contributed by atoms with Gasteiger partial charge >= 0.3 is 0 Å². The molecule has 2 atom stereocenters. The molecule has 0 aromatic rings. The number of hydrogen-bond donors (Lipinski definition) is 1. The van der Waals surface area contributed by atoms with Gasteiger partial charge in [0.25, 0.3) is 0 Å². The summed E-state index contributed by atoms with van der Waals surface area (Å²) < 4.78 is 11.1. The summed E-state index contributed by atoms with van der Waals surface area (Å²) in [5.41, 5.74) is 0. The van der Waals surface area contributed by atoms with Crippen LogP contribution in [0.2, 0.25) is 0 Å². The van der Waals surface area contributed by atoms with Crippen molar-refractivity contribution in [2.45, 2.75) is 38.2 Å². The first kappa shape index (κ1) is 11.4. The normalized spacial score (nSPS) is 32.8. The van der Waals surface area contributed by atoms with Crippen molar-refractivity contribution in [1.82, 2.24) is 5.32 Å². The molecule has 2 saturated heterocycles. The van der Waals surface area contributed by atoms with E-state index >= 15 is 0 Å². The number of rotatable bonds is 4. The molecule has 2 unspecified atom stereocenters. The molecule has 3 nitrogen and oxygen atoms in total. The molecule has 3 heteroatoms. The lowest BCUT2D eigenvalue weighted by atomic mass is 10.0. The summed E-state index contributed by atoms with van der Waals surface area (Å²) in [7, 11) is 0. The van der Waals surface area contributed by atoms with E-state index in [1.165, 1.54) is 32.1 Å². The zero-order chi connectivity index (χ0) is 10.3. The number of ether oxygens (including phenoxy) is 2. The van der Waals surface area contributed by atoms with Crippen LogP contribution in [0.5, 0.6) is 0 Å². The highest BCUT2D eigenvalue weighted by Gasteiger charge is 2.16. The minimum Gasteiger partial charge on any atom is -0.381 e. The van der Waals surface area contributed by atoms with Crippen molar-refractivity contribution in [3.05, 3.63) is 0 Å². The van der Waals surface area contributed by atoms with Crippen molar-refractivity contribution in [3.8, 4) is 0 Å². The molecule has 1 N–H and O–H groups in total. The lowest BCUT2D eigenvalue weighted by molar-refractivity contribution is 0.0134. The van der Waals surface area contributed by atoms with E-state index in [2.05, 4.69) is 5.32 Å². The van der Waals surface area contributed by atoms with Crippen molar-refractivity contribution < 1.29 is 9.47 Å². The van der Waals surface area contributed by atoms with Gasteiger partial charge < -0.3 is 14.8 Å². The van der Waals surface area contributed by atoms with E-state index in [9.17, 15) is 0 Å². The molecule has 2 fully saturated rings. The van der Waals surface area contributed by atoms with Crippen LogP contribution < -0.4 is 5.32 Å². The number of nitrogens with one attached hydrogen (secondary N) is 1. The molecular weight excluding hydrogens is 190 g/mol. The Hall–Kier alpha value is -0.120. The molecule has 0 aromatic carbocycles. The van der Waals surface area contributed by atoms with Crippen LogP contribution in [0, 0.1) is 5.92 Å². The van der Waals surface area contributed by atoms with Crippen molar-refractivity contribution in [3.63, 3.8) is 0 Å². The van der Waals surface area contributed by atoms with E-state index < -0.39 is 0 Å². The van der Waals surface area contributed by atoms with E-state index in [1.807, 2.05) is 0 Å². The van der Waals surface area contributed by atoms with Gasteiger partial charge in [-0.1, -0.05) is 0 Å². The zero-order valence-electron chi connectivity index (χ0n) is 9.54. The van der Waals surface area contributed by atoms with E-state index in [4.69, 9.17) is 9.47 Å². The first-order valence-corrected chi connectivity index (χ1v) is 6.35. The van der Waals surface area contributed by atoms with E-state index in [0.29, 0.717) is 6.10 Å². The molecule has 0 aromatic heterocycles. The summed E-state index contributed by atoms with van der Waals surface area (Å²) in [6, 6.07) is 0. The molecule has 2 rings (SSSR count). The molecule has 0 bridgehead atoms. The third-order valence-electron chi connectivity index (χ3n) is 3.33. The molecule has 0 aliphatic carbocycles. The van der Waals surface area contributed by atoms with Crippen LogP contribution in [0.3, 0.4) is 0 Å². The maximum atomic E-state index is 5.67. The van der Waals surface area contributed by atoms with E-state index in [-0.39, 0.29) is 0 Å². The average molecular weight is 213 g/mol. The standard InChI is InChI=1S/C12H23NO2/c1-2-7-15-12(5-1)9-13-8-11-4-3-6-14-10-11/h11-13H,1-10H2. The molecular formula is C12H23NO2. The Balaban J connectivity index is 1.53. The largest absolute Gasteiger partial charge is 0.381 e. The van der Waals surface area contributed by atoms with Crippen molar-refractivity contribution in [2.75, 3.05) is 32.9 Å². The molecule has 0 radical (unpaired) electrons. The van der Waals surface area contributed by atoms with Gasteiger partial charge in [0.2, 0.25) is 0 Å². The maximum Gasteiger partial charge on any atom is 0.0699 e. The maximum absolute atomic E-state index is 5.67. The molecule has 0 spiro atoms. The SMILES string of the molecule is C1CCC(CNCC2CCCOC2)OC1. The minimum absolute atomic E-state index is 0.461. The second-order valence-electron chi connectivity index (χ2n) is 4.73. The van der Waals surface area contributed by atoms with Crippen LogP contribution >= 0.6 is 0 Å². The van der Waals surface area contributed by atoms with Crippen LogP contribution in [-0.2, 0) is 9.47 Å². The molecule has 15 heavy (non-hydrogen) atoms. The fourth-order valence-corrected chi connectivity index (χ4v) is 2.39. The van der Waals surface area contributed by atoms with Gasteiger partial charge in [-0.25, -0.2) is 0 Å². The zero-order valence-corrected chi connectivity index (χ0v) is 9.54. The van der Waals surface area contributed by atoms with Gasteiger partial charge in [-0.05, 0) is 38.0 Å². The summed E-state index contributed by atoms with van der Waals surface area (Å²) in [5, 5.41) is 3.52. The van der Waals surface area contributed by atoms with Gasteiger partial charge in [0.1, 0.15) is 0 Å². The Bertz CT molecular complexity index is 145. The summed E-state index contributed by atoms with van der Waals surface area (Å²) in [4.78, 5) is 0. The van der Waals surface area contributed by atoms with Crippen LogP contribution in [0.1, 0.15) is 32.1 Å². The quantitative estimate of drug-likeness (QED) is 0.769. The first-order valence-electron chi connectivity index (χ1n) is 6.35. The molecule has 2 aliphatic rings. The van der Waals surface area contributed by atoms with E-state index in [0.717, 1.165) is 38.8 Å². The first-order chi connectivity index (χ1) is 7.45. The smallest absolute Gasteiger partial charge is 0.0699 e. The van der Waals surface area contributed by atoms with Crippen molar-refractivity contribution in [2.24, 2.45) is 5.92 Å². The Morgan fingerprint density at radius 3 is 2.73 bits per heavy atom. The van der Waals surface area contributed by atoms with E-state index in [1.54, 1.807) is 0 Å². The topological polar surface area (TPSA) is 30.5 Å². The van der Waals surface area contributed by atoms with Gasteiger partial charge in [-0.3, -0.25) is 0 Å². The lowest BCUT2D eigenvalue weighted by Gasteiger charge is -2.26. The van der Waals surface area contributed by atoms with Crippen LogP contribution in [0.4, 0.5) is 0 Å². The number of hydrogen-bond acceptors (Lipinski definition) is 3. The highest BCUT2D eigenvalue weighted by molar-refractivity contribution is 4.70. The van der Waals surface area contributed by atoms with Crippen LogP contribution in [-0.4, -0.2) is 39.0 Å². The molecule has 2 heterocycles. The molecule has 0 amide bonds. The molecule has 0 saturated carbocycles. The average Bonchev–Trinajstić information content (AvgIpc) is 2.32. The Morgan fingerprint density at radius 2 is 2.00 bits per heavy atom. The third kappa shape index (κ3) is 4.09. The van der Waals surface area contributed by atoms with Crippen LogP contribution in [0.25, 0.3) is 0 Å². The van der Waals surface area contributed by atoms with Gasteiger partial charge in [0.15, 0.2) is 0 Å². The highest BCUT2D eigenvalue weighted by Crippen LogP contribution is 2.14. The lowest BCUT2D eigenvalue weighted by Crippen LogP contribution is -2.36. The van der Waals surface area contributed by atoms with Gasteiger partial charge in [-0.2, -0.15) is 0 Å². The second kappa shape index (κ2) is 6.46. The Kier molecular flexibility index (Phi) is 4.90. The summed E-state index contributed by atoms with van der Waals surface area (Å²) in [6.45, 7) is 4.98. The monoisotopic (exact) mass is 213 g/mol. The summed E-state index contributed by atoms with van der Waals surface area (Å²) in [6.07, 6.45) is 6.81. The van der Waals surface area contributed by atoms with Gasteiger partial charge in [0, 0.05) is 26.3 Å². The summed E-state index contributed by atoms with van der Waals surface area (Å²) in [5.74, 6) is 0.724. The minimum atomic E-state index is 0.461. The van der Waals surface area contributed by atoms with Gasteiger partial charge in [-0.15, -0.1) is 0 Å². The highest BCUT2D eigenvalue weighted by atomic mass is 16.5. The predicted molar refractivity (Wildman–Crippen MR) is 60.0 cm³/mol. The predicted octanol–water partition coefficient (Wildman–Crippen LogP) is 1.57. The van der Waals surface area contributed by atoms with Gasteiger partial charge in [0.05, 0.1) is 12.7 Å². The fourth-order valence-electron chi connectivity index (χ4n) is 2.39.